The SMILES string of the molecule is CC1=CC[C]([Zr](=[C](c2ccccc2)c2ccccc2)[CH]2c3ccccc3-c3ccccc32)=C1C.Cl.Cl. The van der Waals surface area contributed by atoms with Crippen LogP contribution in [0, 0.1) is 0 Å². The summed E-state index contributed by atoms with van der Waals surface area (Å²) in [4.78, 5) is 0. The zero-order valence-electron chi connectivity index (χ0n) is 20.6. The fraction of sp³-hybridized carbons (Fsp3) is 0.121. The van der Waals surface area contributed by atoms with Crippen molar-refractivity contribution >= 4 is 28.0 Å². The Morgan fingerprint density at radius 2 is 1.06 bits per heavy atom. The minimum absolute atomic E-state index is 0. The van der Waals surface area contributed by atoms with E-state index in [2.05, 4.69) is 129 Å². The van der Waals surface area contributed by atoms with Gasteiger partial charge in [-0.25, -0.2) is 0 Å². The molecule has 2 aliphatic rings. The average Bonchev–Trinajstić information content (AvgIpc) is 3.40. The number of halogens is 2. The van der Waals surface area contributed by atoms with Crippen molar-refractivity contribution in [1.82, 2.24) is 0 Å². The number of benzene rings is 4. The van der Waals surface area contributed by atoms with Gasteiger partial charge in [0.25, 0.3) is 0 Å². The molecule has 0 saturated carbocycles. The molecule has 0 nitrogen and oxygen atoms in total. The summed E-state index contributed by atoms with van der Waals surface area (Å²) < 4.78 is 3.85. The van der Waals surface area contributed by atoms with Gasteiger partial charge >= 0.3 is 211 Å². The molecule has 0 N–H and O–H groups in total. The van der Waals surface area contributed by atoms with Crippen LogP contribution in [0.5, 0.6) is 0 Å². The van der Waals surface area contributed by atoms with Crippen LogP contribution in [0.4, 0.5) is 0 Å². The van der Waals surface area contributed by atoms with Crippen molar-refractivity contribution in [2.24, 2.45) is 0 Å². The molecule has 6 rings (SSSR count). The smallest absolute Gasteiger partial charge is 0.147 e. The van der Waals surface area contributed by atoms with Crippen molar-refractivity contribution in [2.45, 2.75) is 23.9 Å². The Kier molecular flexibility index (Phi) is 8.46. The Balaban J connectivity index is 0.00000152. The van der Waals surface area contributed by atoms with E-state index in [1.165, 1.54) is 39.0 Å². The summed E-state index contributed by atoms with van der Waals surface area (Å²) in [7, 11) is 0. The molecule has 4 aromatic carbocycles. The minimum Gasteiger partial charge on any atom is -0.147 e. The van der Waals surface area contributed by atoms with Gasteiger partial charge in [-0.3, -0.25) is 0 Å². The predicted molar refractivity (Wildman–Crippen MR) is 155 cm³/mol. The third kappa shape index (κ3) is 4.59. The molecule has 0 heterocycles. The van der Waals surface area contributed by atoms with E-state index in [4.69, 9.17) is 0 Å². The van der Waals surface area contributed by atoms with Crippen LogP contribution in [0.15, 0.2) is 130 Å². The Bertz CT molecular complexity index is 1390. The maximum absolute atomic E-state index is 2.56. The van der Waals surface area contributed by atoms with Gasteiger partial charge in [0.05, 0.1) is 0 Å². The fourth-order valence-electron chi connectivity index (χ4n) is 5.73. The molecule has 0 atom stereocenters. The normalized spacial score (nSPS) is 13.8. The fourth-order valence-corrected chi connectivity index (χ4v) is 15.4. The second kappa shape index (κ2) is 11.4. The second-order valence-corrected chi connectivity index (χ2v) is 15.5. The molecular formula is C33H30Cl2Zr. The molecule has 0 aliphatic heterocycles. The molecule has 0 bridgehead atoms. The summed E-state index contributed by atoms with van der Waals surface area (Å²) in [5, 5.41) is 0. The van der Waals surface area contributed by atoms with E-state index in [0.29, 0.717) is 3.63 Å². The minimum atomic E-state index is -2.56. The van der Waals surface area contributed by atoms with Gasteiger partial charge in [0, 0.05) is 0 Å². The molecule has 3 heteroatoms. The summed E-state index contributed by atoms with van der Waals surface area (Å²) in [5.41, 5.74) is 11.7. The predicted octanol–water partition coefficient (Wildman–Crippen LogP) is 9.11. The van der Waals surface area contributed by atoms with Gasteiger partial charge in [-0.2, -0.15) is 0 Å². The van der Waals surface area contributed by atoms with Gasteiger partial charge in [0.2, 0.25) is 0 Å². The van der Waals surface area contributed by atoms with E-state index < -0.39 is 21.3 Å². The Hall–Kier alpha value is -2.31. The quantitative estimate of drug-likeness (QED) is 0.223. The Labute approximate surface area is 234 Å². The van der Waals surface area contributed by atoms with E-state index in [-0.39, 0.29) is 24.8 Å². The molecule has 36 heavy (non-hydrogen) atoms. The third-order valence-electron chi connectivity index (χ3n) is 7.50. The first-order valence-electron chi connectivity index (χ1n) is 12.1. The summed E-state index contributed by atoms with van der Waals surface area (Å²) in [6, 6.07) is 40.8. The van der Waals surface area contributed by atoms with Crippen LogP contribution in [0.3, 0.4) is 0 Å². The van der Waals surface area contributed by atoms with Gasteiger partial charge in [-0.1, -0.05) is 0 Å². The molecular weight excluding hydrogens is 558 g/mol. The van der Waals surface area contributed by atoms with Gasteiger partial charge < -0.3 is 0 Å². The van der Waals surface area contributed by atoms with Gasteiger partial charge in [-0.05, 0) is 0 Å². The first kappa shape index (κ1) is 26.7. The monoisotopic (exact) mass is 586 g/mol. The van der Waals surface area contributed by atoms with E-state index >= 15 is 0 Å². The molecule has 0 unspecified atom stereocenters. The molecule has 2 aliphatic carbocycles. The molecule has 0 spiro atoms. The number of allylic oxidation sites excluding steroid dienone is 4. The number of hydrogen-bond acceptors (Lipinski definition) is 0. The summed E-state index contributed by atoms with van der Waals surface area (Å²) in [5.74, 6) is 0. The van der Waals surface area contributed by atoms with E-state index in [9.17, 15) is 0 Å². The molecule has 4 aromatic rings. The van der Waals surface area contributed by atoms with Crippen molar-refractivity contribution < 1.29 is 21.3 Å². The zero-order valence-corrected chi connectivity index (χ0v) is 24.7. The van der Waals surface area contributed by atoms with Crippen LogP contribution in [-0.4, -0.2) is 3.21 Å². The second-order valence-electron chi connectivity index (χ2n) is 9.32. The molecule has 0 radical (unpaired) electrons. The van der Waals surface area contributed by atoms with Crippen molar-refractivity contribution in [3.8, 4) is 11.1 Å². The third-order valence-corrected chi connectivity index (χ3v) is 16.2. The summed E-state index contributed by atoms with van der Waals surface area (Å²) in [6.07, 6.45) is 3.57. The summed E-state index contributed by atoms with van der Waals surface area (Å²) >= 11 is -2.56. The maximum atomic E-state index is 2.46. The van der Waals surface area contributed by atoms with Crippen LogP contribution < -0.4 is 0 Å². The molecule has 0 aromatic heterocycles. The van der Waals surface area contributed by atoms with Crippen molar-refractivity contribution in [2.75, 3.05) is 0 Å². The average molecular weight is 589 g/mol. The largest absolute Gasteiger partial charge is 0.147 e. The Morgan fingerprint density at radius 3 is 1.50 bits per heavy atom. The number of fused-ring (bicyclic) bond motifs is 3. The molecule has 0 saturated heterocycles. The van der Waals surface area contributed by atoms with Crippen molar-refractivity contribution in [3.05, 3.63) is 152 Å². The van der Waals surface area contributed by atoms with Crippen LogP contribution in [0.25, 0.3) is 11.1 Å². The summed E-state index contributed by atoms with van der Waals surface area (Å²) in [6.45, 7) is 4.67. The van der Waals surface area contributed by atoms with Crippen LogP contribution in [-0.2, 0) is 21.3 Å². The first-order chi connectivity index (χ1) is 16.7. The van der Waals surface area contributed by atoms with Gasteiger partial charge in [0.1, 0.15) is 0 Å². The van der Waals surface area contributed by atoms with E-state index in [1.807, 2.05) is 0 Å². The maximum Gasteiger partial charge on any atom is -0.147 e. The van der Waals surface area contributed by atoms with Gasteiger partial charge in [-0.15, -0.1) is 24.8 Å². The standard InChI is InChI=1S/C13H9.C13H10.C7H9.2ClH.Zr/c1-3-7-12-10(5-1)9-11-6-2-4-8-13(11)12;1-3-7-12(8-4-1)11-13-9-5-2-6-10-13;1-6-4-3-5-7(6)2;;;/h1-9H;1-10H;4H,3H2,1-2H3;2*1H;. The van der Waals surface area contributed by atoms with Crippen LogP contribution in [0.1, 0.15) is 46.1 Å². The topological polar surface area (TPSA) is 0 Å². The van der Waals surface area contributed by atoms with Crippen molar-refractivity contribution in [3.63, 3.8) is 0 Å². The van der Waals surface area contributed by atoms with E-state index in [0.717, 1.165) is 6.42 Å². The zero-order chi connectivity index (χ0) is 23.1. The van der Waals surface area contributed by atoms with E-state index in [1.54, 1.807) is 12.1 Å². The molecule has 0 fully saturated rings. The number of hydrogen-bond donors (Lipinski definition) is 0. The molecule has 0 amide bonds. The molecule has 180 valence electrons. The van der Waals surface area contributed by atoms with Crippen molar-refractivity contribution in [1.29, 1.82) is 0 Å². The Morgan fingerprint density at radius 1 is 0.611 bits per heavy atom. The van der Waals surface area contributed by atoms with Crippen LogP contribution in [0.2, 0.25) is 0 Å². The van der Waals surface area contributed by atoms with Crippen LogP contribution >= 0.6 is 24.8 Å². The first-order valence-corrected chi connectivity index (χ1v) is 16.0. The number of rotatable bonds is 4. The van der Waals surface area contributed by atoms with Gasteiger partial charge in [0.15, 0.2) is 0 Å².